The van der Waals surface area contributed by atoms with Gasteiger partial charge in [-0.15, -0.1) is 0 Å². The molecular formula is C22H24N2O3S. The molecular weight excluding hydrogens is 372 g/mol. The molecule has 0 unspecified atom stereocenters. The number of carbonyl (C=O) groups is 1. The van der Waals surface area contributed by atoms with Crippen LogP contribution in [0, 0.1) is 0 Å². The first kappa shape index (κ1) is 18.9. The van der Waals surface area contributed by atoms with Crippen LogP contribution < -0.4 is 0 Å². The molecule has 28 heavy (non-hydrogen) atoms. The number of hydrogen-bond donors (Lipinski definition) is 0. The van der Waals surface area contributed by atoms with Gasteiger partial charge in [-0.05, 0) is 54.7 Å². The fourth-order valence-corrected chi connectivity index (χ4v) is 5.31. The molecule has 0 atom stereocenters. The highest BCUT2D eigenvalue weighted by atomic mass is 32.2. The van der Waals surface area contributed by atoms with Crippen molar-refractivity contribution in [2.24, 2.45) is 0 Å². The number of benzene rings is 2. The van der Waals surface area contributed by atoms with Crippen LogP contribution in [0.3, 0.4) is 0 Å². The van der Waals surface area contributed by atoms with Crippen molar-refractivity contribution in [3.8, 4) is 0 Å². The van der Waals surface area contributed by atoms with Crippen molar-refractivity contribution in [2.75, 3.05) is 26.2 Å². The molecule has 0 radical (unpaired) electrons. The van der Waals surface area contributed by atoms with Crippen LogP contribution in [0.5, 0.6) is 0 Å². The normalized spacial score (nSPS) is 18.1. The van der Waals surface area contributed by atoms with E-state index in [4.69, 9.17) is 0 Å². The summed E-state index contributed by atoms with van der Waals surface area (Å²) in [6, 6.07) is 16.6. The van der Waals surface area contributed by atoms with E-state index in [2.05, 4.69) is 18.2 Å². The fraction of sp³-hybridized carbons (Fsp3) is 0.318. The number of carbonyl (C=O) groups excluding carboxylic acids is 1. The summed E-state index contributed by atoms with van der Waals surface area (Å²) in [4.78, 5) is 14.9. The first-order valence-corrected chi connectivity index (χ1v) is 11.1. The zero-order valence-corrected chi connectivity index (χ0v) is 16.6. The van der Waals surface area contributed by atoms with Crippen molar-refractivity contribution in [1.82, 2.24) is 9.21 Å². The van der Waals surface area contributed by atoms with Crippen LogP contribution in [0.4, 0.5) is 0 Å². The molecule has 6 heteroatoms. The van der Waals surface area contributed by atoms with Crippen molar-refractivity contribution >= 4 is 21.5 Å². The number of rotatable bonds is 4. The Balaban J connectivity index is 1.45. The highest BCUT2D eigenvalue weighted by Crippen LogP contribution is 2.24. The minimum absolute atomic E-state index is 0.0616. The van der Waals surface area contributed by atoms with Gasteiger partial charge in [0.1, 0.15) is 0 Å². The van der Waals surface area contributed by atoms with Gasteiger partial charge in [-0.1, -0.05) is 36.4 Å². The van der Waals surface area contributed by atoms with Gasteiger partial charge in [0.05, 0.1) is 4.90 Å². The quantitative estimate of drug-likeness (QED) is 0.796. The minimum Gasteiger partial charge on any atom is -0.335 e. The summed E-state index contributed by atoms with van der Waals surface area (Å²) >= 11 is 0. The first-order valence-electron chi connectivity index (χ1n) is 9.70. The summed E-state index contributed by atoms with van der Waals surface area (Å²) in [7, 11) is -3.45. The smallest absolute Gasteiger partial charge is 0.254 e. The molecule has 1 saturated heterocycles. The van der Waals surface area contributed by atoms with Crippen LogP contribution >= 0.6 is 0 Å². The number of hydrogen-bond acceptors (Lipinski definition) is 3. The number of amides is 1. The molecule has 0 aliphatic carbocycles. The Kier molecular flexibility index (Phi) is 5.33. The lowest BCUT2D eigenvalue weighted by atomic mass is 9.99. The van der Waals surface area contributed by atoms with Crippen molar-refractivity contribution < 1.29 is 13.2 Å². The van der Waals surface area contributed by atoms with Crippen LogP contribution in [0.2, 0.25) is 0 Å². The lowest BCUT2D eigenvalue weighted by Crippen LogP contribution is -2.34. The van der Waals surface area contributed by atoms with E-state index in [0.717, 1.165) is 19.3 Å². The Morgan fingerprint density at radius 2 is 1.54 bits per heavy atom. The maximum absolute atomic E-state index is 12.8. The second kappa shape index (κ2) is 7.89. The van der Waals surface area contributed by atoms with Gasteiger partial charge < -0.3 is 4.90 Å². The van der Waals surface area contributed by atoms with Crippen LogP contribution in [0.1, 0.15) is 35.2 Å². The highest BCUT2D eigenvalue weighted by Gasteiger charge is 2.27. The molecule has 2 aliphatic heterocycles. The molecule has 1 amide bonds. The third-order valence-electron chi connectivity index (χ3n) is 5.44. The van der Waals surface area contributed by atoms with Gasteiger partial charge in [-0.3, -0.25) is 4.79 Å². The zero-order chi connectivity index (χ0) is 19.6. The monoisotopic (exact) mass is 396 g/mol. The molecule has 0 saturated carbocycles. The molecule has 2 aliphatic rings. The van der Waals surface area contributed by atoms with E-state index in [1.165, 1.54) is 15.4 Å². The van der Waals surface area contributed by atoms with E-state index in [0.29, 0.717) is 31.7 Å². The first-order chi connectivity index (χ1) is 13.6. The van der Waals surface area contributed by atoms with Crippen LogP contribution in [-0.4, -0.2) is 49.7 Å². The van der Waals surface area contributed by atoms with Crippen molar-refractivity contribution in [2.45, 2.75) is 24.2 Å². The molecule has 2 heterocycles. The second-order valence-electron chi connectivity index (χ2n) is 7.23. The Labute approximate surface area is 166 Å². The topological polar surface area (TPSA) is 57.7 Å². The molecule has 0 N–H and O–H groups in total. The van der Waals surface area contributed by atoms with Gasteiger partial charge in [0.2, 0.25) is 10.0 Å². The largest absolute Gasteiger partial charge is 0.335 e. The predicted molar refractivity (Wildman–Crippen MR) is 109 cm³/mol. The second-order valence-corrected chi connectivity index (χ2v) is 9.17. The Bertz CT molecular complexity index is 976. The van der Waals surface area contributed by atoms with Crippen LogP contribution in [0.25, 0.3) is 5.57 Å². The molecule has 0 bridgehead atoms. The average Bonchev–Trinajstić information content (AvgIpc) is 3.30. The summed E-state index contributed by atoms with van der Waals surface area (Å²) in [5.41, 5.74) is 2.99. The van der Waals surface area contributed by atoms with Gasteiger partial charge >= 0.3 is 0 Å². The van der Waals surface area contributed by atoms with E-state index in [1.54, 1.807) is 29.2 Å². The Hall–Kier alpha value is -2.44. The lowest BCUT2D eigenvalue weighted by molar-refractivity contribution is 0.0772. The SMILES string of the molecule is O=C(c1ccc(S(=O)(=O)N2CCCC2)cc1)N1CC=C(c2ccccc2)CC1. The average molecular weight is 397 g/mol. The van der Waals surface area contributed by atoms with E-state index in [-0.39, 0.29) is 10.8 Å². The summed E-state index contributed by atoms with van der Waals surface area (Å²) in [5.74, 6) is -0.0616. The predicted octanol–water partition coefficient (Wildman–Crippen LogP) is 3.40. The molecule has 2 aromatic carbocycles. The molecule has 4 rings (SSSR count). The van der Waals surface area contributed by atoms with E-state index in [1.807, 2.05) is 18.2 Å². The Morgan fingerprint density at radius 3 is 2.14 bits per heavy atom. The molecule has 2 aromatic rings. The van der Waals surface area contributed by atoms with E-state index < -0.39 is 10.0 Å². The highest BCUT2D eigenvalue weighted by molar-refractivity contribution is 7.89. The molecule has 146 valence electrons. The maximum Gasteiger partial charge on any atom is 0.254 e. The van der Waals surface area contributed by atoms with Crippen LogP contribution in [-0.2, 0) is 10.0 Å². The van der Waals surface area contributed by atoms with Gasteiger partial charge in [0.15, 0.2) is 0 Å². The fourth-order valence-electron chi connectivity index (χ4n) is 3.80. The van der Waals surface area contributed by atoms with Crippen molar-refractivity contribution in [1.29, 1.82) is 0 Å². The zero-order valence-electron chi connectivity index (χ0n) is 15.8. The number of sulfonamides is 1. The standard InChI is InChI=1S/C22H24N2O3S/c25-22(23-16-12-19(13-17-23)18-6-2-1-3-7-18)20-8-10-21(11-9-20)28(26,27)24-14-4-5-15-24/h1-3,6-12H,4-5,13-17H2. The molecule has 0 spiro atoms. The lowest BCUT2D eigenvalue weighted by Gasteiger charge is -2.27. The van der Waals surface area contributed by atoms with Crippen LogP contribution in [0.15, 0.2) is 65.6 Å². The summed E-state index contributed by atoms with van der Waals surface area (Å²) in [5, 5.41) is 0. The maximum atomic E-state index is 12.8. The van der Waals surface area contributed by atoms with Crippen molar-refractivity contribution in [3.63, 3.8) is 0 Å². The van der Waals surface area contributed by atoms with Gasteiger partial charge in [-0.2, -0.15) is 4.31 Å². The summed E-state index contributed by atoms with van der Waals surface area (Å²) in [6.07, 6.45) is 4.73. The van der Waals surface area contributed by atoms with E-state index >= 15 is 0 Å². The third kappa shape index (κ3) is 3.75. The third-order valence-corrected chi connectivity index (χ3v) is 7.36. The van der Waals surface area contributed by atoms with Gasteiger partial charge in [0.25, 0.3) is 5.91 Å². The Morgan fingerprint density at radius 1 is 0.857 bits per heavy atom. The molecule has 5 nitrogen and oxygen atoms in total. The number of nitrogens with zero attached hydrogens (tertiary/aromatic N) is 2. The minimum atomic E-state index is -3.45. The summed E-state index contributed by atoms with van der Waals surface area (Å²) < 4.78 is 26.7. The van der Waals surface area contributed by atoms with Gasteiger partial charge in [-0.25, -0.2) is 8.42 Å². The van der Waals surface area contributed by atoms with E-state index in [9.17, 15) is 13.2 Å². The van der Waals surface area contributed by atoms with Gasteiger partial charge in [0, 0.05) is 31.7 Å². The molecule has 0 aromatic heterocycles. The van der Waals surface area contributed by atoms with Crippen molar-refractivity contribution in [3.05, 3.63) is 71.8 Å². The summed E-state index contributed by atoms with van der Waals surface area (Å²) in [6.45, 7) is 2.38. The molecule has 1 fully saturated rings.